The summed E-state index contributed by atoms with van der Waals surface area (Å²) in [5, 5.41) is 0. The van der Waals surface area contributed by atoms with E-state index in [0.29, 0.717) is 5.88 Å². The lowest BCUT2D eigenvalue weighted by Gasteiger charge is -2.17. The van der Waals surface area contributed by atoms with Crippen molar-refractivity contribution in [1.29, 1.82) is 0 Å². The molecule has 2 heteroatoms. The average molecular weight is 184 g/mol. The van der Waals surface area contributed by atoms with E-state index in [1.165, 1.54) is 0 Å². The van der Waals surface area contributed by atoms with Gasteiger partial charge in [-0.15, -0.1) is 11.6 Å². The zero-order chi connectivity index (χ0) is 9.19. The molecular formula is C10H14ClN. The molecule has 1 nitrogen and oxygen atoms in total. The van der Waals surface area contributed by atoms with Crippen LogP contribution in [0.25, 0.3) is 0 Å². The van der Waals surface area contributed by atoms with Gasteiger partial charge in [-0.25, -0.2) is 0 Å². The molecular weight excluding hydrogens is 170 g/mol. The number of pyridine rings is 1. The van der Waals surface area contributed by atoms with Crippen LogP contribution in [0.3, 0.4) is 0 Å². The molecule has 0 aromatic carbocycles. The van der Waals surface area contributed by atoms with Crippen LogP contribution in [0.4, 0.5) is 0 Å². The van der Waals surface area contributed by atoms with Crippen LogP contribution in [0.5, 0.6) is 0 Å². The maximum absolute atomic E-state index is 5.69. The molecule has 1 aromatic rings. The van der Waals surface area contributed by atoms with E-state index in [2.05, 4.69) is 25.8 Å². The number of hydrogen-bond acceptors (Lipinski definition) is 1. The summed E-state index contributed by atoms with van der Waals surface area (Å²) in [6.07, 6.45) is 0. The van der Waals surface area contributed by atoms with E-state index in [4.69, 9.17) is 11.6 Å². The molecule has 0 fully saturated rings. The summed E-state index contributed by atoms with van der Waals surface area (Å²) in [5.74, 6) is 0.490. The molecule has 0 bridgehead atoms. The van der Waals surface area contributed by atoms with Crippen molar-refractivity contribution < 1.29 is 0 Å². The quantitative estimate of drug-likeness (QED) is 0.610. The van der Waals surface area contributed by atoms with Crippen molar-refractivity contribution in [2.75, 3.05) is 0 Å². The van der Waals surface area contributed by atoms with E-state index in [-0.39, 0.29) is 5.41 Å². The van der Waals surface area contributed by atoms with E-state index < -0.39 is 0 Å². The van der Waals surface area contributed by atoms with E-state index in [1.54, 1.807) is 0 Å². The van der Waals surface area contributed by atoms with Crippen molar-refractivity contribution in [1.82, 2.24) is 4.98 Å². The highest BCUT2D eigenvalue weighted by molar-refractivity contribution is 6.16. The van der Waals surface area contributed by atoms with E-state index in [1.807, 2.05) is 18.2 Å². The molecule has 1 aromatic heterocycles. The standard InChI is InChI=1S/C10H14ClN/c1-10(2,3)9-6-4-5-8(7-11)12-9/h4-6H,7H2,1-3H3. The van der Waals surface area contributed by atoms with Gasteiger partial charge in [-0.3, -0.25) is 4.98 Å². The minimum Gasteiger partial charge on any atom is -0.256 e. The third-order valence-corrected chi connectivity index (χ3v) is 1.99. The molecule has 12 heavy (non-hydrogen) atoms. The fourth-order valence-corrected chi connectivity index (χ4v) is 1.12. The van der Waals surface area contributed by atoms with Crippen LogP contribution in [-0.4, -0.2) is 4.98 Å². The van der Waals surface area contributed by atoms with Crippen LogP contribution in [0.1, 0.15) is 32.2 Å². The molecule has 0 spiro atoms. The van der Waals surface area contributed by atoms with Gasteiger partial charge < -0.3 is 0 Å². The first-order valence-electron chi connectivity index (χ1n) is 4.06. The van der Waals surface area contributed by atoms with Gasteiger partial charge in [0.15, 0.2) is 0 Å². The third kappa shape index (κ3) is 2.21. The highest BCUT2D eigenvalue weighted by atomic mass is 35.5. The summed E-state index contributed by atoms with van der Waals surface area (Å²) in [6, 6.07) is 5.99. The van der Waals surface area contributed by atoms with Gasteiger partial charge in [0.1, 0.15) is 0 Å². The van der Waals surface area contributed by atoms with Gasteiger partial charge in [-0.2, -0.15) is 0 Å². The first-order chi connectivity index (χ1) is 5.54. The third-order valence-electron chi connectivity index (χ3n) is 1.71. The number of nitrogens with zero attached hydrogens (tertiary/aromatic N) is 1. The van der Waals surface area contributed by atoms with Gasteiger partial charge in [0.05, 0.1) is 11.6 Å². The zero-order valence-corrected chi connectivity index (χ0v) is 8.52. The SMILES string of the molecule is CC(C)(C)c1cccc(CCl)n1. The molecule has 0 atom stereocenters. The van der Waals surface area contributed by atoms with Crippen LogP contribution in [-0.2, 0) is 11.3 Å². The highest BCUT2D eigenvalue weighted by Gasteiger charge is 2.14. The Hall–Kier alpha value is -0.560. The monoisotopic (exact) mass is 183 g/mol. The van der Waals surface area contributed by atoms with Gasteiger partial charge in [0, 0.05) is 11.1 Å². The van der Waals surface area contributed by atoms with E-state index in [9.17, 15) is 0 Å². The number of alkyl halides is 1. The van der Waals surface area contributed by atoms with Crippen molar-refractivity contribution in [3.8, 4) is 0 Å². The molecule has 0 aliphatic carbocycles. The summed E-state index contributed by atoms with van der Waals surface area (Å²) in [4.78, 5) is 4.43. The lowest BCUT2D eigenvalue weighted by atomic mass is 9.91. The Morgan fingerprint density at radius 1 is 1.33 bits per heavy atom. The first kappa shape index (κ1) is 9.53. The molecule has 0 aliphatic heterocycles. The largest absolute Gasteiger partial charge is 0.256 e. The minimum absolute atomic E-state index is 0.113. The molecule has 0 aliphatic rings. The minimum atomic E-state index is 0.113. The Morgan fingerprint density at radius 3 is 2.50 bits per heavy atom. The summed E-state index contributed by atoms with van der Waals surface area (Å²) in [5.41, 5.74) is 2.16. The Kier molecular flexibility index (Phi) is 2.73. The predicted molar refractivity (Wildman–Crippen MR) is 52.5 cm³/mol. The van der Waals surface area contributed by atoms with E-state index >= 15 is 0 Å². The fourth-order valence-electron chi connectivity index (χ4n) is 0.972. The Morgan fingerprint density at radius 2 is 2.00 bits per heavy atom. The number of rotatable bonds is 1. The Labute approximate surface area is 78.8 Å². The van der Waals surface area contributed by atoms with Crippen molar-refractivity contribution in [3.05, 3.63) is 29.6 Å². The second-order valence-corrected chi connectivity index (χ2v) is 4.17. The molecule has 1 heterocycles. The number of aromatic nitrogens is 1. The fraction of sp³-hybridized carbons (Fsp3) is 0.500. The van der Waals surface area contributed by atoms with Crippen LogP contribution in [0.2, 0.25) is 0 Å². The molecule has 0 saturated carbocycles. The topological polar surface area (TPSA) is 12.9 Å². The van der Waals surface area contributed by atoms with E-state index in [0.717, 1.165) is 11.4 Å². The maximum atomic E-state index is 5.69. The van der Waals surface area contributed by atoms with Gasteiger partial charge >= 0.3 is 0 Å². The summed E-state index contributed by atoms with van der Waals surface area (Å²) < 4.78 is 0. The summed E-state index contributed by atoms with van der Waals surface area (Å²) >= 11 is 5.69. The summed E-state index contributed by atoms with van der Waals surface area (Å²) in [6.45, 7) is 6.44. The molecule has 66 valence electrons. The van der Waals surface area contributed by atoms with Crippen LogP contribution in [0.15, 0.2) is 18.2 Å². The zero-order valence-electron chi connectivity index (χ0n) is 7.76. The van der Waals surface area contributed by atoms with Crippen LogP contribution >= 0.6 is 11.6 Å². The molecule has 0 unspecified atom stereocenters. The van der Waals surface area contributed by atoms with Crippen LogP contribution < -0.4 is 0 Å². The number of hydrogen-bond donors (Lipinski definition) is 0. The molecule has 0 N–H and O–H groups in total. The Balaban J connectivity index is 3.02. The molecule has 0 radical (unpaired) electrons. The predicted octanol–water partition coefficient (Wildman–Crippen LogP) is 3.12. The smallest absolute Gasteiger partial charge is 0.0647 e. The lowest BCUT2D eigenvalue weighted by molar-refractivity contribution is 0.567. The maximum Gasteiger partial charge on any atom is 0.0647 e. The average Bonchev–Trinajstić information content (AvgIpc) is 2.03. The van der Waals surface area contributed by atoms with Crippen molar-refractivity contribution in [2.24, 2.45) is 0 Å². The van der Waals surface area contributed by atoms with Gasteiger partial charge in [0.25, 0.3) is 0 Å². The van der Waals surface area contributed by atoms with Crippen molar-refractivity contribution in [3.63, 3.8) is 0 Å². The normalized spacial score (nSPS) is 11.7. The molecule has 0 amide bonds. The second kappa shape index (κ2) is 3.44. The second-order valence-electron chi connectivity index (χ2n) is 3.90. The summed E-state index contributed by atoms with van der Waals surface area (Å²) in [7, 11) is 0. The van der Waals surface area contributed by atoms with Crippen molar-refractivity contribution in [2.45, 2.75) is 32.1 Å². The van der Waals surface area contributed by atoms with Gasteiger partial charge in [-0.05, 0) is 12.1 Å². The molecule has 0 saturated heterocycles. The highest BCUT2D eigenvalue weighted by Crippen LogP contribution is 2.20. The first-order valence-corrected chi connectivity index (χ1v) is 4.60. The molecule has 1 rings (SSSR count). The van der Waals surface area contributed by atoms with Gasteiger partial charge in [-0.1, -0.05) is 26.8 Å². The lowest BCUT2D eigenvalue weighted by Crippen LogP contribution is -2.13. The van der Waals surface area contributed by atoms with Crippen molar-refractivity contribution >= 4 is 11.6 Å². The Bertz CT molecular complexity index is 263. The van der Waals surface area contributed by atoms with Crippen LogP contribution in [0, 0.1) is 0 Å². The number of halogens is 1. The van der Waals surface area contributed by atoms with Gasteiger partial charge in [0.2, 0.25) is 0 Å².